The van der Waals surface area contributed by atoms with E-state index in [4.69, 9.17) is 4.98 Å². The van der Waals surface area contributed by atoms with Crippen molar-refractivity contribution in [1.82, 2.24) is 4.98 Å². The van der Waals surface area contributed by atoms with Gasteiger partial charge >= 0.3 is 0 Å². The average molecular weight is 270 g/mol. The number of aliphatic hydroxyl groups excluding tert-OH is 1. The number of hydrogen-bond acceptors (Lipinski definition) is 3. The van der Waals surface area contributed by atoms with Crippen LogP contribution in [-0.4, -0.2) is 17.1 Å². The van der Waals surface area contributed by atoms with Crippen LogP contribution in [0.25, 0.3) is 0 Å². The summed E-state index contributed by atoms with van der Waals surface area (Å²) in [6.45, 7) is 4.27. The lowest BCUT2D eigenvalue weighted by Gasteiger charge is -2.20. The zero-order valence-corrected chi connectivity index (χ0v) is 12.4. The second-order valence-electron chi connectivity index (χ2n) is 5.13. The van der Waals surface area contributed by atoms with Crippen molar-refractivity contribution < 1.29 is 5.11 Å². The minimum atomic E-state index is 0.0495. The molecule has 0 aliphatic heterocycles. The Kier molecular flexibility index (Phi) is 4.74. The van der Waals surface area contributed by atoms with Crippen molar-refractivity contribution in [2.75, 3.05) is 11.9 Å². The molecular weight excluding hydrogens is 248 g/mol. The van der Waals surface area contributed by atoms with Crippen LogP contribution in [0.1, 0.15) is 30.2 Å². The number of hydrogen-bond donors (Lipinski definition) is 1. The molecule has 0 aliphatic rings. The van der Waals surface area contributed by atoms with E-state index in [1.807, 2.05) is 25.2 Å². The maximum Gasteiger partial charge on any atom is 0.133 e. The molecule has 1 heterocycles. The van der Waals surface area contributed by atoms with Crippen molar-refractivity contribution >= 4 is 11.5 Å². The van der Waals surface area contributed by atoms with Crippen molar-refractivity contribution in [3.63, 3.8) is 0 Å². The lowest BCUT2D eigenvalue weighted by Crippen LogP contribution is -2.13. The third-order valence-electron chi connectivity index (χ3n) is 3.35. The summed E-state index contributed by atoms with van der Waals surface area (Å²) in [6.07, 6.45) is 1.98. The number of aryl methyl sites for hydroxylation is 2. The minimum absolute atomic E-state index is 0.0495. The smallest absolute Gasteiger partial charge is 0.133 e. The Morgan fingerprint density at radius 3 is 2.65 bits per heavy atom. The predicted octanol–water partition coefficient (Wildman–Crippen LogP) is 3.60. The van der Waals surface area contributed by atoms with Gasteiger partial charge in [0.25, 0.3) is 0 Å². The van der Waals surface area contributed by atoms with Crippen LogP contribution < -0.4 is 4.90 Å². The number of anilines is 2. The first kappa shape index (κ1) is 14.5. The number of nitrogens with zero attached hydrogens (tertiary/aromatic N) is 2. The Balaban J connectivity index is 2.37. The normalized spacial score (nSPS) is 10.6. The molecule has 0 fully saturated rings. The highest BCUT2D eigenvalue weighted by atomic mass is 16.3. The zero-order valence-electron chi connectivity index (χ0n) is 12.4. The van der Waals surface area contributed by atoms with Crippen LogP contribution in [0.15, 0.2) is 36.4 Å². The fourth-order valence-corrected chi connectivity index (χ4v) is 2.25. The summed E-state index contributed by atoms with van der Waals surface area (Å²) in [5, 5.41) is 9.40. The van der Waals surface area contributed by atoms with Crippen molar-refractivity contribution in [1.29, 1.82) is 0 Å². The highest BCUT2D eigenvalue weighted by Crippen LogP contribution is 2.24. The van der Waals surface area contributed by atoms with Gasteiger partial charge in [0, 0.05) is 18.4 Å². The van der Waals surface area contributed by atoms with Gasteiger partial charge < -0.3 is 10.0 Å². The molecule has 0 radical (unpaired) electrons. The second kappa shape index (κ2) is 6.53. The SMILES string of the molecule is CCCc1cc(CO)cc(N(C)c2cccc(C)c2)n1. The largest absolute Gasteiger partial charge is 0.392 e. The van der Waals surface area contributed by atoms with Gasteiger partial charge in [0.2, 0.25) is 0 Å². The summed E-state index contributed by atoms with van der Waals surface area (Å²) in [7, 11) is 2.01. The Labute approximate surface area is 120 Å². The summed E-state index contributed by atoms with van der Waals surface area (Å²) in [6, 6.07) is 12.3. The van der Waals surface area contributed by atoms with Gasteiger partial charge in [-0.15, -0.1) is 0 Å². The van der Waals surface area contributed by atoms with Crippen LogP contribution in [0.5, 0.6) is 0 Å². The van der Waals surface area contributed by atoms with E-state index < -0.39 is 0 Å². The molecule has 2 aromatic rings. The zero-order chi connectivity index (χ0) is 14.5. The third-order valence-corrected chi connectivity index (χ3v) is 3.35. The maximum absolute atomic E-state index is 9.40. The molecule has 1 N–H and O–H groups in total. The van der Waals surface area contributed by atoms with Gasteiger partial charge in [-0.25, -0.2) is 4.98 Å². The first-order valence-corrected chi connectivity index (χ1v) is 7.05. The van der Waals surface area contributed by atoms with Gasteiger partial charge in [0.05, 0.1) is 6.61 Å². The summed E-state index contributed by atoms with van der Waals surface area (Å²) < 4.78 is 0. The van der Waals surface area contributed by atoms with Crippen LogP contribution >= 0.6 is 0 Å². The first-order chi connectivity index (χ1) is 9.63. The Bertz CT molecular complexity index is 581. The second-order valence-corrected chi connectivity index (χ2v) is 5.13. The number of aromatic nitrogens is 1. The van der Waals surface area contributed by atoms with Gasteiger partial charge in [0.15, 0.2) is 0 Å². The van der Waals surface area contributed by atoms with E-state index in [-0.39, 0.29) is 6.61 Å². The van der Waals surface area contributed by atoms with E-state index in [1.54, 1.807) is 0 Å². The van der Waals surface area contributed by atoms with Gasteiger partial charge in [-0.1, -0.05) is 25.5 Å². The van der Waals surface area contributed by atoms with Crippen molar-refractivity contribution in [3.05, 3.63) is 53.2 Å². The average Bonchev–Trinajstić information content (AvgIpc) is 2.46. The highest BCUT2D eigenvalue weighted by Gasteiger charge is 2.08. The number of rotatable bonds is 5. The van der Waals surface area contributed by atoms with Crippen molar-refractivity contribution in [3.8, 4) is 0 Å². The molecular formula is C17H22N2O. The molecule has 0 amide bonds. The van der Waals surface area contributed by atoms with E-state index in [2.05, 4.69) is 36.9 Å². The molecule has 3 nitrogen and oxygen atoms in total. The lowest BCUT2D eigenvalue weighted by atomic mass is 10.1. The summed E-state index contributed by atoms with van der Waals surface area (Å²) in [5.41, 5.74) is 4.28. The van der Waals surface area contributed by atoms with Crippen LogP contribution in [-0.2, 0) is 13.0 Å². The van der Waals surface area contributed by atoms with Crippen molar-refractivity contribution in [2.45, 2.75) is 33.3 Å². The summed E-state index contributed by atoms with van der Waals surface area (Å²) >= 11 is 0. The minimum Gasteiger partial charge on any atom is -0.392 e. The maximum atomic E-state index is 9.40. The van der Waals surface area contributed by atoms with Gasteiger partial charge in [-0.3, -0.25) is 0 Å². The summed E-state index contributed by atoms with van der Waals surface area (Å²) in [4.78, 5) is 6.75. The topological polar surface area (TPSA) is 36.4 Å². The first-order valence-electron chi connectivity index (χ1n) is 7.05. The summed E-state index contributed by atoms with van der Waals surface area (Å²) in [5.74, 6) is 0.880. The molecule has 0 unspecified atom stereocenters. The molecule has 0 aliphatic carbocycles. The molecule has 1 aromatic heterocycles. The van der Waals surface area contributed by atoms with E-state index in [0.717, 1.165) is 35.6 Å². The Hall–Kier alpha value is -1.87. The molecule has 20 heavy (non-hydrogen) atoms. The highest BCUT2D eigenvalue weighted by molar-refractivity contribution is 5.60. The molecule has 106 valence electrons. The van der Waals surface area contributed by atoms with E-state index in [1.165, 1.54) is 5.56 Å². The Morgan fingerprint density at radius 2 is 2.00 bits per heavy atom. The standard InChI is InChI=1S/C17H22N2O/c1-4-6-15-10-14(12-20)11-17(18-15)19(3)16-8-5-7-13(2)9-16/h5,7-11,20H,4,6,12H2,1-3H3. The molecule has 0 spiro atoms. The van der Waals surface area contributed by atoms with Gasteiger partial charge in [-0.05, 0) is 48.7 Å². The van der Waals surface area contributed by atoms with E-state index in [0.29, 0.717) is 0 Å². The molecule has 0 atom stereocenters. The van der Waals surface area contributed by atoms with Crippen LogP contribution in [0.2, 0.25) is 0 Å². The van der Waals surface area contributed by atoms with Crippen LogP contribution in [0.4, 0.5) is 11.5 Å². The molecule has 2 rings (SSSR count). The van der Waals surface area contributed by atoms with Crippen molar-refractivity contribution in [2.24, 2.45) is 0 Å². The monoisotopic (exact) mass is 270 g/mol. The third kappa shape index (κ3) is 3.36. The fourth-order valence-electron chi connectivity index (χ4n) is 2.25. The van der Waals surface area contributed by atoms with Gasteiger partial charge in [-0.2, -0.15) is 0 Å². The molecule has 0 saturated heterocycles. The van der Waals surface area contributed by atoms with Gasteiger partial charge in [0.1, 0.15) is 5.82 Å². The lowest BCUT2D eigenvalue weighted by molar-refractivity contribution is 0.281. The van der Waals surface area contributed by atoms with Crippen LogP contribution in [0.3, 0.4) is 0 Å². The molecule has 0 saturated carbocycles. The predicted molar refractivity (Wildman–Crippen MR) is 83.4 cm³/mol. The van der Waals surface area contributed by atoms with E-state index in [9.17, 15) is 5.11 Å². The molecule has 0 bridgehead atoms. The Morgan fingerprint density at radius 1 is 1.20 bits per heavy atom. The molecule has 3 heteroatoms. The number of aliphatic hydroxyl groups is 1. The molecule has 1 aromatic carbocycles. The number of pyridine rings is 1. The van der Waals surface area contributed by atoms with E-state index >= 15 is 0 Å². The van der Waals surface area contributed by atoms with Crippen LogP contribution in [0, 0.1) is 6.92 Å². The quantitative estimate of drug-likeness (QED) is 0.901. The number of benzene rings is 1. The fraction of sp³-hybridized carbons (Fsp3) is 0.353.